The number of hydrogen-bond donors (Lipinski definition) is 0. The number of pyridine rings is 1. The normalized spacial score (nSPS) is 15.9. The van der Waals surface area contributed by atoms with Crippen molar-refractivity contribution in [2.75, 3.05) is 26.2 Å². The van der Waals surface area contributed by atoms with Crippen LogP contribution in [0, 0.1) is 18.6 Å². The number of halogens is 2. The highest BCUT2D eigenvalue weighted by molar-refractivity contribution is 7.89. The molecule has 0 unspecified atom stereocenters. The molecule has 2 aromatic rings. The molecular formula is C17H17F2N3O3S. The Morgan fingerprint density at radius 1 is 1.08 bits per heavy atom. The van der Waals surface area contributed by atoms with Crippen molar-refractivity contribution in [3.8, 4) is 0 Å². The fourth-order valence-electron chi connectivity index (χ4n) is 2.72. The molecular weight excluding hydrogens is 364 g/mol. The van der Waals surface area contributed by atoms with Gasteiger partial charge in [-0.05, 0) is 37.3 Å². The van der Waals surface area contributed by atoms with Crippen LogP contribution in [0.5, 0.6) is 0 Å². The zero-order valence-corrected chi connectivity index (χ0v) is 14.8. The van der Waals surface area contributed by atoms with Crippen LogP contribution in [0.4, 0.5) is 8.78 Å². The highest BCUT2D eigenvalue weighted by Crippen LogP contribution is 2.22. The maximum atomic E-state index is 13.8. The molecule has 1 saturated heterocycles. The Labute approximate surface area is 150 Å². The topological polar surface area (TPSA) is 70.6 Å². The Kier molecular flexibility index (Phi) is 5.01. The number of rotatable bonds is 3. The molecule has 6 nitrogen and oxygen atoms in total. The third-order valence-electron chi connectivity index (χ3n) is 4.20. The second-order valence-electron chi connectivity index (χ2n) is 5.96. The number of sulfonamides is 1. The first-order valence-corrected chi connectivity index (χ1v) is 9.40. The van der Waals surface area contributed by atoms with E-state index >= 15 is 0 Å². The van der Waals surface area contributed by atoms with Gasteiger partial charge in [-0.2, -0.15) is 4.31 Å². The molecule has 1 aliphatic heterocycles. The van der Waals surface area contributed by atoms with E-state index in [1.54, 1.807) is 12.1 Å². The van der Waals surface area contributed by atoms with Crippen molar-refractivity contribution in [3.63, 3.8) is 0 Å². The standard InChI is InChI=1S/C17H17F2N3O3S/c1-12-2-3-13(11-20-12)17(23)21-6-8-22(9-7-21)26(24,25)16-10-14(18)4-5-15(16)19/h2-5,10-11H,6-9H2,1H3. The number of benzene rings is 1. The zero-order valence-electron chi connectivity index (χ0n) is 14.0. The van der Waals surface area contributed by atoms with E-state index in [2.05, 4.69) is 4.98 Å². The molecule has 9 heteroatoms. The number of carbonyl (C=O) groups is 1. The van der Waals surface area contributed by atoms with Crippen LogP contribution in [0.1, 0.15) is 16.1 Å². The third kappa shape index (κ3) is 3.58. The molecule has 0 radical (unpaired) electrons. The molecule has 1 amide bonds. The summed E-state index contributed by atoms with van der Waals surface area (Å²) in [6.45, 7) is 2.13. The maximum Gasteiger partial charge on any atom is 0.255 e. The van der Waals surface area contributed by atoms with Gasteiger partial charge < -0.3 is 4.90 Å². The quantitative estimate of drug-likeness (QED) is 0.813. The molecule has 3 rings (SSSR count). The highest BCUT2D eigenvalue weighted by atomic mass is 32.2. The van der Waals surface area contributed by atoms with Crippen molar-refractivity contribution in [1.82, 2.24) is 14.2 Å². The first kappa shape index (κ1) is 18.4. The Morgan fingerprint density at radius 3 is 2.38 bits per heavy atom. The Balaban J connectivity index is 1.72. The van der Waals surface area contributed by atoms with E-state index in [-0.39, 0.29) is 32.1 Å². The van der Waals surface area contributed by atoms with Gasteiger partial charge in [0.2, 0.25) is 10.0 Å². The predicted octanol–water partition coefficient (Wildman–Crippen LogP) is 1.81. The predicted molar refractivity (Wildman–Crippen MR) is 90.0 cm³/mol. The second kappa shape index (κ2) is 7.08. The van der Waals surface area contributed by atoms with Gasteiger partial charge >= 0.3 is 0 Å². The molecule has 1 aromatic carbocycles. The van der Waals surface area contributed by atoms with E-state index in [9.17, 15) is 22.0 Å². The van der Waals surface area contributed by atoms with Crippen LogP contribution < -0.4 is 0 Å². The Bertz CT molecular complexity index is 925. The van der Waals surface area contributed by atoms with E-state index in [1.165, 1.54) is 11.1 Å². The molecule has 0 saturated carbocycles. The first-order chi connectivity index (χ1) is 12.3. The van der Waals surface area contributed by atoms with Gasteiger partial charge in [0, 0.05) is 38.1 Å². The van der Waals surface area contributed by atoms with Crippen LogP contribution >= 0.6 is 0 Å². The number of piperazine rings is 1. The van der Waals surface area contributed by atoms with Crippen molar-refractivity contribution in [2.45, 2.75) is 11.8 Å². The van der Waals surface area contributed by atoms with Crippen molar-refractivity contribution < 1.29 is 22.0 Å². The van der Waals surface area contributed by atoms with Gasteiger partial charge in [0.25, 0.3) is 5.91 Å². The summed E-state index contributed by atoms with van der Waals surface area (Å²) in [6.07, 6.45) is 1.48. The van der Waals surface area contributed by atoms with Gasteiger partial charge in [0.05, 0.1) is 5.56 Å². The summed E-state index contributed by atoms with van der Waals surface area (Å²) < 4.78 is 53.3. The number of hydrogen-bond acceptors (Lipinski definition) is 4. The minimum absolute atomic E-state index is 0.00329. The van der Waals surface area contributed by atoms with E-state index in [4.69, 9.17) is 0 Å². The average Bonchev–Trinajstić information content (AvgIpc) is 2.64. The van der Waals surface area contributed by atoms with Crippen LogP contribution in [0.15, 0.2) is 41.4 Å². The lowest BCUT2D eigenvalue weighted by Crippen LogP contribution is -2.50. The van der Waals surface area contributed by atoms with E-state index in [1.807, 2.05) is 6.92 Å². The molecule has 0 bridgehead atoms. The van der Waals surface area contributed by atoms with Crippen molar-refractivity contribution in [2.24, 2.45) is 0 Å². The lowest BCUT2D eigenvalue weighted by Gasteiger charge is -2.34. The van der Waals surface area contributed by atoms with Crippen LogP contribution in [0.25, 0.3) is 0 Å². The summed E-state index contributed by atoms with van der Waals surface area (Å²) in [5.41, 5.74) is 1.21. The Hall–Kier alpha value is -2.39. The zero-order chi connectivity index (χ0) is 18.9. The summed E-state index contributed by atoms with van der Waals surface area (Å²) in [5, 5.41) is 0. The smallest absolute Gasteiger partial charge is 0.255 e. The fourth-order valence-corrected chi connectivity index (χ4v) is 4.22. The largest absolute Gasteiger partial charge is 0.336 e. The molecule has 2 heterocycles. The van der Waals surface area contributed by atoms with Gasteiger partial charge in [-0.3, -0.25) is 9.78 Å². The van der Waals surface area contributed by atoms with E-state index in [0.717, 1.165) is 22.1 Å². The molecule has 1 aliphatic rings. The lowest BCUT2D eigenvalue weighted by molar-refractivity contribution is 0.0697. The average molecular weight is 381 g/mol. The lowest BCUT2D eigenvalue weighted by atomic mass is 10.2. The van der Waals surface area contributed by atoms with Crippen LogP contribution in [-0.4, -0.2) is 54.7 Å². The minimum atomic E-state index is -4.17. The maximum absolute atomic E-state index is 13.8. The SMILES string of the molecule is Cc1ccc(C(=O)N2CCN(S(=O)(=O)c3cc(F)ccc3F)CC2)cn1. The number of nitrogens with zero attached hydrogens (tertiary/aromatic N) is 3. The first-order valence-electron chi connectivity index (χ1n) is 7.96. The Morgan fingerprint density at radius 2 is 1.77 bits per heavy atom. The highest BCUT2D eigenvalue weighted by Gasteiger charge is 2.32. The van der Waals surface area contributed by atoms with Gasteiger partial charge in [-0.15, -0.1) is 0 Å². The molecule has 0 aliphatic carbocycles. The van der Waals surface area contributed by atoms with Crippen molar-refractivity contribution in [3.05, 3.63) is 59.4 Å². The number of aromatic nitrogens is 1. The second-order valence-corrected chi connectivity index (χ2v) is 7.87. The molecule has 0 spiro atoms. The molecule has 1 aromatic heterocycles. The molecule has 0 atom stereocenters. The minimum Gasteiger partial charge on any atom is -0.336 e. The molecule has 138 valence electrons. The summed E-state index contributed by atoms with van der Waals surface area (Å²) >= 11 is 0. The molecule has 26 heavy (non-hydrogen) atoms. The summed E-state index contributed by atoms with van der Waals surface area (Å²) in [6, 6.07) is 5.70. The van der Waals surface area contributed by atoms with Gasteiger partial charge in [0.1, 0.15) is 16.5 Å². The van der Waals surface area contributed by atoms with Crippen LogP contribution in [0.3, 0.4) is 0 Å². The van der Waals surface area contributed by atoms with Crippen LogP contribution in [-0.2, 0) is 10.0 Å². The monoisotopic (exact) mass is 381 g/mol. The van der Waals surface area contributed by atoms with E-state index in [0.29, 0.717) is 11.6 Å². The van der Waals surface area contributed by atoms with Crippen LogP contribution in [0.2, 0.25) is 0 Å². The number of carbonyl (C=O) groups excluding carboxylic acids is 1. The van der Waals surface area contributed by atoms with E-state index < -0.39 is 26.6 Å². The van der Waals surface area contributed by atoms with Gasteiger partial charge in [-0.1, -0.05) is 0 Å². The molecule has 0 N–H and O–H groups in total. The number of amides is 1. The number of aryl methyl sites for hydroxylation is 1. The summed E-state index contributed by atoms with van der Waals surface area (Å²) in [5.74, 6) is -2.08. The molecule has 1 fully saturated rings. The van der Waals surface area contributed by atoms with Gasteiger partial charge in [-0.25, -0.2) is 17.2 Å². The summed E-state index contributed by atoms with van der Waals surface area (Å²) in [4.78, 5) is 17.3. The summed E-state index contributed by atoms with van der Waals surface area (Å²) in [7, 11) is -4.17. The van der Waals surface area contributed by atoms with Gasteiger partial charge in [0.15, 0.2) is 0 Å². The van der Waals surface area contributed by atoms with Crippen molar-refractivity contribution in [1.29, 1.82) is 0 Å². The fraction of sp³-hybridized carbons (Fsp3) is 0.294. The van der Waals surface area contributed by atoms with Crippen molar-refractivity contribution >= 4 is 15.9 Å². The third-order valence-corrected chi connectivity index (χ3v) is 6.11.